The number of Topliss-reactive ketones (excluding diaryl/α,β-unsaturated/α-hetero) is 1. The molecule has 2 aromatic rings. The fraction of sp³-hybridized carbons (Fsp3) is 0.458. The highest BCUT2D eigenvalue weighted by Gasteiger charge is 2.55. The summed E-state index contributed by atoms with van der Waals surface area (Å²) in [5.41, 5.74) is 3.27. The van der Waals surface area contributed by atoms with Crippen LogP contribution in [0.25, 0.3) is 0 Å². The van der Waals surface area contributed by atoms with Crippen molar-refractivity contribution in [1.29, 1.82) is 0 Å². The van der Waals surface area contributed by atoms with Crippen LogP contribution in [0, 0.1) is 13.8 Å². The van der Waals surface area contributed by atoms with Gasteiger partial charge < -0.3 is 14.6 Å². The number of fused-ring (bicyclic) bond motifs is 2. The number of hydrogen-bond acceptors (Lipinski definition) is 4. The lowest BCUT2D eigenvalue weighted by atomic mass is 9.92. The predicted molar refractivity (Wildman–Crippen MR) is 114 cm³/mol. The van der Waals surface area contributed by atoms with Gasteiger partial charge in [0.05, 0.1) is 12.6 Å². The zero-order valence-corrected chi connectivity index (χ0v) is 17.9. The average Bonchev–Trinajstić information content (AvgIpc) is 3.51. The largest absolute Gasteiger partial charge is 0.376 e. The molecule has 7 nitrogen and oxygen atoms in total. The Kier molecular flexibility index (Phi) is 4.73. The number of aryl methyl sites for hydroxylation is 2. The Bertz CT molecular complexity index is 1080. The van der Waals surface area contributed by atoms with Gasteiger partial charge in [0.25, 0.3) is 5.91 Å². The van der Waals surface area contributed by atoms with Crippen molar-refractivity contribution >= 4 is 17.7 Å². The highest BCUT2D eigenvalue weighted by atomic mass is 16.5. The minimum Gasteiger partial charge on any atom is -0.376 e. The molecule has 1 aromatic heterocycles. The van der Waals surface area contributed by atoms with Crippen molar-refractivity contribution in [1.82, 2.24) is 14.8 Å². The van der Waals surface area contributed by atoms with Crippen molar-refractivity contribution in [3.05, 3.63) is 58.4 Å². The van der Waals surface area contributed by atoms with E-state index in [2.05, 4.69) is 9.88 Å². The summed E-state index contributed by atoms with van der Waals surface area (Å²) in [6.07, 6.45) is 3.51. The van der Waals surface area contributed by atoms with Gasteiger partial charge in [0, 0.05) is 30.1 Å². The number of amides is 3. The minimum atomic E-state index is -1.04. The normalized spacial score (nSPS) is 24.8. The molecule has 0 radical (unpaired) electrons. The van der Waals surface area contributed by atoms with Crippen LogP contribution < -0.4 is 5.32 Å². The standard InChI is InChI=1S/C24H27N3O4/c1-15-12-19(16(2)26(15)13-18-7-5-11-31-18)21(28)14-27-22(29)24(25-23(27)30)10-9-17-6-3-4-8-20(17)24/h3-4,6,8,12,18H,5,7,9-11,13-14H2,1-2H3,(H,25,30). The molecule has 2 saturated heterocycles. The second-order valence-corrected chi connectivity index (χ2v) is 8.84. The van der Waals surface area contributed by atoms with Crippen molar-refractivity contribution < 1.29 is 19.1 Å². The van der Waals surface area contributed by atoms with Crippen LogP contribution in [0.2, 0.25) is 0 Å². The zero-order chi connectivity index (χ0) is 21.8. The number of ether oxygens (including phenoxy) is 1. The third kappa shape index (κ3) is 3.10. The van der Waals surface area contributed by atoms with Crippen LogP contribution in [0.15, 0.2) is 30.3 Å². The summed E-state index contributed by atoms with van der Waals surface area (Å²) >= 11 is 0. The van der Waals surface area contributed by atoms with E-state index in [1.54, 1.807) is 0 Å². The maximum absolute atomic E-state index is 13.3. The van der Waals surface area contributed by atoms with Crippen molar-refractivity contribution in [2.75, 3.05) is 13.2 Å². The van der Waals surface area contributed by atoms with E-state index in [0.717, 1.165) is 53.3 Å². The van der Waals surface area contributed by atoms with E-state index >= 15 is 0 Å². The smallest absolute Gasteiger partial charge is 0.325 e. The summed E-state index contributed by atoms with van der Waals surface area (Å²) in [7, 11) is 0. The molecule has 162 valence electrons. The molecule has 31 heavy (non-hydrogen) atoms. The van der Waals surface area contributed by atoms with Gasteiger partial charge in [0.2, 0.25) is 0 Å². The van der Waals surface area contributed by atoms with E-state index in [-0.39, 0.29) is 24.3 Å². The number of nitrogens with zero attached hydrogens (tertiary/aromatic N) is 2. The molecule has 1 aliphatic carbocycles. The van der Waals surface area contributed by atoms with Crippen LogP contribution in [0.3, 0.4) is 0 Å². The fourth-order valence-corrected chi connectivity index (χ4v) is 5.32. The Morgan fingerprint density at radius 3 is 2.84 bits per heavy atom. The first-order valence-corrected chi connectivity index (χ1v) is 10.9. The maximum atomic E-state index is 13.3. The molecule has 1 N–H and O–H groups in total. The van der Waals surface area contributed by atoms with Gasteiger partial charge in [0.15, 0.2) is 5.78 Å². The SMILES string of the molecule is Cc1cc(C(=O)CN2C(=O)NC3(CCc4ccccc43)C2=O)c(C)n1CC1CCCO1. The van der Waals surface area contributed by atoms with Crippen molar-refractivity contribution in [3.63, 3.8) is 0 Å². The quantitative estimate of drug-likeness (QED) is 0.595. The lowest BCUT2D eigenvalue weighted by Crippen LogP contribution is -2.42. The summed E-state index contributed by atoms with van der Waals surface area (Å²) in [5.74, 6) is -0.553. The Morgan fingerprint density at radius 1 is 1.26 bits per heavy atom. The first-order valence-electron chi connectivity index (χ1n) is 10.9. The molecule has 3 aliphatic rings. The average molecular weight is 421 g/mol. The van der Waals surface area contributed by atoms with Crippen LogP contribution in [-0.2, 0) is 28.0 Å². The molecular formula is C24H27N3O4. The molecule has 1 aromatic carbocycles. The molecule has 7 heteroatoms. The minimum absolute atomic E-state index is 0.168. The summed E-state index contributed by atoms with van der Waals surface area (Å²) in [5, 5.41) is 2.89. The highest BCUT2D eigenvalue weighted by Crippen LogP contribution is 2.41. The summed E-state index contributed by atoms with van der Waals surface area (Å²) in [6, 6.07) is 9.05. The molecule has 2 aliphatic heterocycles. The molecule has 5 rings (SSSR count). The molecule has 0 saturated carbocycles. The number of aromatic nitrogens is 1. The number of nitrogens with one attached hydrogen (secondary N) is 1. The third-order valence-electron chi connectivity index (χ3n) is 7.01. The Labute approximate surface area is 181 Å². The van der Waals surface area contributed by atoms with E-state index in [1.165, 1.54) is 0 Å². The van der Waals surface area contributed by atoms with Gasteiger partial charge in [-0.25, -0.2) is 4.79 Å². The molecule has 3 amide bonds. The van der Waals surface area contributed by atoms with Crippen LogP contribution in [0.4, 0.5) is 4.79 Å². The highest BCUT2D eigenvalue weighted by molar-refractivity contribution is 6.12. The summed E-state index contributed by atoms with van der Waals surface area (Å²) in [6.45, 7) is 5.13. The first-order chi connectivity index (χ1) is 14.9. The van der Waals surface area contributed by atoms with Gasteiger partial charge in [-0.2, -0.15) is 0 Å². The van der Waals surface area contributed by atoms with Gasteiger partial charge >= 0.3 is 6.03 Å². The Balaban J connectivity index is 1.37. The van der Waals surface area contributed by atoms with E-state index in [0.29, 0.717) is 18.5 Å². The second kappa shape index (κ2) is 7.34. The molecule has 3 heterocycles. The van der Waals surface area contributed by atoms with Crippen molar-refractivity contribution in [2.45, 2.75) is 57.7 Å². The summed E-state index contributed by atoms with van der Waals surface area (Å²) < 4.78 is 7.84. The van der Waals surface area contributed by atoms with Crippen LogP contribution in [-0.4, -0.2) is 46.4 Å². The van der Waals surface area contributed by atoms with E-state index in [9.17, 15) is 14.4 Å². The molecule has 2 unspecified atom stereocenters. The maximum Gasteiger partial charge on any atom is 0.325 e. The monoisotopic (exact) mass is 421 g/mol. The van der Waals surface area contributed by atoms with Gasteiger partial charge in [-0.05, 0) is 56.7 Å². The van der Waals surface area contributed by atoms with Crippen molar-refractivity contribution in [3.8, 4) is 0 Å². The number of benzene rings is 1. The van der Waals surface area contributed by atoms with Crippen LogP contribution in [0.5, 0.6) is 0 Å². The van der Waals surface area contributed by atoms with Crippen LogP contribution in [0.1, 0.15) is 52.1 Å². The van der Waals surface area contributed by atoms with Gasteiger partial charge in [-0.1, -0.05) is 24.3 Å². The molecule has 1 spiro atoms. The van der Waals surface area contributed by atoms with Gasteiger partial charge in [0.1, 0.15) is 5.54 Å². The number of rotatable bonds is 5. The van der Waals surface area contributed by atoms with E-state index in [4.69, 9.17) is 4.74 Å². The van der Waals surface area contributed by atoms with Gasteiger partial charge in [-0.15, -0.1) is 0 Å². The number of carbonyl (C=O) groups is 3. The van der Waals surface area contributed by atoms with Crippen LogP contribution >= 0.6 is 0 Å². The van der Waals surface area contributed by atoms with E-state index < -0.39 is 11.6 Å². The number of hydrogen-bond donors (Lipinski definition) is 1. The van der Waals surface area contributed by atoms with E-state index in [1.807, 2.05) is 44.2 Å². The number of imide groups is 1. The molecule has 0 bridgehead atoms. The molecular weight excluding hydrogens is 394 g/mol. The number of urea groups is 1. The lowest BCUT2D eigenvalue weighted by molar-refractivity contribution is -0.131. The number of ketones is 1. The summed E-state index contributed by atoms with van der Waals surface area (Å²) in [4.78, 5) is 40.3. The Morgan fingerprint density at radius 2 is 2.06 bits per heavy atom. The lowest BCUT2D eigenvalue weighted by Gasteiger charge is -2.22. The van der Waals surface area contributed by atoms with Gasteiger partial charge in [-0.3, -0.25) is 14.5 Å². The molecule has 2 fully saturated rings. The van der Waals surface area contributed by atoms with Crippen molar-refractivity contribution in [2.24, 2.45) is 0 Å². The zero-order valence-electron chi connectivity index (χ0n) is 17.9. The fourth-order valence-electron chi connectivity index (χ4n) is 5.32. The second-order valence-electron chi connectivity index (χ2n) is 8.84. The Hall–Kier alpha value is -2.93. The molecule has 2 atom stereocenters. The third-order valence-corrected chi connectivity index (χ3v) is 7.01. The predicted octanol–water partition coefficient (Wildman–Crippen LogP) is 2.86. The first kappa shape index (κ1) is 20.0. The topological polar surface area (TPSA) is 80.6 Å². The number of carbonyl (C=O) groups excluding carboxylic acids is 3.